The first-order chi connectivity index (χ1) is 7.56. The minimum atomic E-state index is -4.54. The molecule has 0 fully saturated rings. The molecule has 2 N–H and O–H groups in total. The van der Waals surface area contributed by atoms with Crippen molar-refractivity contribution in [3.63, 3.8) is 0 Å². The third-order valence-electron chi connectivity index (χ3n) is 1.92. The van der Waals surface area contributed by atoms with Crippen molar-refractivity contribution in [1.29, 1.82) is 0 Å². The fraction of sp³-hybridized carbons (Fsp3) is 0. The van der Waals surface area contributed by atoms with E-state index in [1.54, 1.807) is 18.2 Å². The van der Waals surface area contributed by atoms with E-state index in [1.807, 2.05) is 12.1 Å². The van der Waals surface area contributed by atoms with E-state index in [-0.39, 0.29) is 5.82 Å². The average Bonchev–Trinajstić information content (AvgIpc) is 2.25. The first-order valence-corrected chi connectivity index (χ1v) is 5.68. The van der Waals surface area contributed by atoms with Crippen LogP contribution >= 0.6 is 0 Å². The van der Waals surface area contributed by atoms with E-state index >= 15 is 0 Å². The zero-order chi connectivity index (χ0) is 11.6. The van der Waals surface area contributed by atoms with E-state index in [9.17, 15) is 8.42 Å². The number of fused-ring (bicyclic) bond motifs is 1. The minimum Gasteiger partial charge on any atom is -0.262 e. The Labute approximate surface area is 91.8 Å². The van der Waals surface area contributed by atoms with Gasteiger partial charge in [-0.2, -0.15) is 8.42 Å². The maximum absolute atomic E-state index is 10.4. The van der Waals surface area contributed by atoms with Gasteiger partial charge in [0.25, 0.3) is 0 Å². The summed E-state index contributed by atoms with van der Waals surface area (Å²) in [5.41, 5.74) is 2.08. The molecule has 0 saturated carbocycles. The number of pyridine rings is 1. The number of nitrogens with zero attached hydrogens (tertiary/aromatic N) is 1. The highest BCUT2D eigenvalue weighted by Gasteiger charge is 2.07. The molecule has 0 saturated heterocycles. The quantitative estimate of drug-likeness (QED) is 0.622. The summed E-state index contributed by atoms with van der Waals surface area (Å²) in [7, 11) is -4.54. The summed E-state index contributed by atoms with van der Waals surface area (Å²) < 4.78 is 33.2. The second kappa shape index (κ2) is 4.05. The summed E-state index contributed by atoms with van der Waals surface area (Å²) in [5.74, 6) is 0.218. The second-order valence-electron chi connectivity index (χ2n) is 2.99. The Kier molecular flexibility index (Phi) is 2.73. The molecule has 0 unspecified atom stereocenters. The van der Waals surface area contributed by atoms with Crippen LogP contribution in [0.25, 0.3) is 10.8 Å². The molecule has 2 rings (SSSR count). The summed E-state index contributed by atoms with van der Waals surface area (Å²) in [4.78, 5) is 3.90. The van der Waals surface area contributed by atoms with Gasteiger partial charge < -0.3 is 0 Å². The highest BCUT2D eigenvalue weighted by atomic mass is 32.3. The molecule has 6 nitrogen and oxygen atoms in total. The largest absolute Gasteiger partial charge is 0.418 e. The van der Waals surface area contributed by atoms with Gasteiger partial charge in [-0.05, 0) is 11.5 Å². The fourth-order valence-electron chi connectivity index (χ4n) is 1.29. The van der Waals surface area contributed by atoms with Gasteiger partial charge in [0.2, 0.25) is 0 Å². The first-order valence-electron chi connectivity index (χ1n) is 4.32. The van der Waals surface area contributed by atoms with Crippen LogP contribution in [0.1, 0.15) is 0 Å². The van der Waals surface area contributed by atoms with Crippen LogP contribution in [0.4, 0.5) is 5.82 Å². The number of anilines is 1. The van der Waals surface area contributed by atoms with Crippen LogP contribution < -0.4 is 5.48 Å². The summed E-state index contributed by atoms with van der Waals surface area (Å²) in [6, 6.07) is 8.99. The van der Waals surface area contributed by atoms with Crippen molar-refractivity contribution in [2.24, 2.45) is 0 Å². The molecule has 7 heteroatoms. The summed E-state index contributed by atoms with van der Waals surface area (Å²) in [6.45, 7) is 0. The number of nitrogens with one attached hydrogen (secondary N) is 1. The predicted molar refractivity (Wildman–Crippen MR) is 58.0 cm³/mol. The molecule has 1 aromatic carbocycles. The molecule has 0 spiro atoms. The van der Waals surface area contributed by atoms with E-state index in [0.717, 1.165) is 5.39 Å². The van der Waals surface area contributed by atoms with Crippen molar-refractivity contribution in [3.05, 3.63) is 36.5 Å². The van der Waals surface area contributed by atoms with Crippen LogP contribution in [-0.4, -0.2) is 18.0 Å². The standard InChI is InChI=1S/C9H8N2O4S/c12-16(13,14)15-11-9-8-4-2-1-3-7(8)5-6-10-9/h1-6H,(H,10,11)(H,12,13,14). The minimum absolute atomic E-state index is 0.218. The monoisotopic (exact) mass is 240 g/mol. The van der Waals surface area contributed by atoms with Gasteiger partial charge >= 0.3 is 10.4 Å². The molecule has 0 amide bonds. The van der Waals surface area contributed by atoms with Gasteiger partial charge in [-0.25, -0.2) is 10.5 Å². The van der Waals surface area contributed by atoms with Gasteiger partial charge in [0.15, 0.2) is 5.82 Å². The molecule has 84 valence electrons. The summed E-state index contributed by atoms with van der Waals surface area (Å²) >= 11 is 0. The molecule has 0 atom stereocenters. The molecule has 0 aliphatic carbocycles. The second-order valence-corrected chi connectivity index (χ2v) is 4.02. The van der Waals surface area contributed by atoms with E-state index in [1.165, 1.54) is 6.20 Å². The molecular weight excluding hydrogens is 232 g/mol. The van der Waals surface area contributed by atoms with E-state index < -0.39 is 10.4 Å². The van der Waals surface area contributed by atoms with Crippen LogP contribution in [0.2, 0.25) is 0 Å². The van der Waals surface area contributed by atoms with E-state index in [0.29, 0.717) is 5.39 Å². The normalized spacial score (nSPS) is 11.6. The zero-order valence-electron chi connectivity index (χ0n) is 7.99. The molecule has 1 aromatic heterocycles. The molecule has 16 heavy (non-hydrogen) atoms. The first kappa shape index (κ1) is 10.8. The SMILES string of the molecule is O=S(=O)(O)ONc1nccc2ccccc12. The van der Waals surface area contributed by atoms with Gasteiger partial charge in [0.05, 0.1) is 0 Å². The maximum atomic E-state index is 10.4. The van der Waals surface area contributed by atoms with Crippen LogP contribution in [0.3, 0.4) is 0 Å². The fourth-order valence-corrected chi connectivity index (χ4v) is 1.48. The Balaban J connectivity index is 2.38. The third kappa shape index (κ3) is 2.45. The predicted octanol–water partition coefficient (Wildman–Crippen LogP) is 1.38. The Morgan fingerprint density at radius 3 is 2.75 bits per heavy atom. The van der Waals surface area contributed by atoms with Crippen LogP contribution in [0, 0.1) is 0 Å². The van der Waals surface area contributed by atoms with E-state index in [4.69, 9.17) is 4.55 Å². The number of aromatic nitrogens is 1. The topological polar surface area (TPSA) is 88.5 Å². The van der Waals surface area contributed by atoms with Gasteiger partial charge in [-0.3, -0.25) is 4.55 Å². The Bertz CT molecular complexity index is 606. The number of hydrogen-bond donors (Lipinski definition) is 2. The number of hydrogen-bond acceptors (Lipinski definition) is 5. The number of rotatable bonds is 3. The third-order valence-corrected chi connectivity index (χ3v) is 2.21. The molecule has 2 aromatic rings. The Hall–Kier alpha value is -1.70. The van der Waals surface area contributed by atoms with Crippen molar-refractivity contribution in [1.82, 2.24) is 4.98 Å². The lowest BCUT2D eigenvalue weighted by atomic mass is 10.2. The van der Waals surface area contributed by atoms with Gasteiger partial charge in [-0.15, -0.1) is 4.28 Å². The van der Waals surface area contributed by atoms with Gasteiger partial charge in [0, 0.05) is 11.6 Å². The van der Waals surface area contributed by atoms with Crippen LogP contribution in [0.15, 0.2) is 36.5 Å². The smallest absolute Gasteiger partial charge is 0.262 e. The van der Waals surface area contributed by atoms with Crippen molar-refractivity contribution < 1.29 is 17.3 Å². The zero-order valence-corrected chi connectivity index (χ0v) is 8.81. The van der Waals surface area contributed by atoms with Crippen molar-refractivity contribution in [2.75, 3.05) is 5.48 Å². The number of benzene rings is 1. The van der Waals surface area contributed by atoms with Crippen LogP contribution in [0.5, 0.6) is 0 Å². The van der Waals surface area contributed by atoms with Crippen molar-refractivity contribution in [2.45, 2.75) is 0 Å². The Morgan fingerprint density at radius 1 is 1.25 bits per heavy atom. The lowest BCUT2D eigenvalue weighted by Crippen LogP contribution is -2.10. The molecule has 1 heterocycles. The lowest BCUT2D eigenvalue weighted by Gasteiger charge is -2.05. The molecular formula is C9H8N2O4S. The maximum Gasteiger partial charge on any atom is 0.418 e. The van der Waals surface area contributed by atoms with Gasteiger partial charge in [-0.1, -0.05) is 24.3 Å². The van der Waals surface area contributed by atoms with Crippen LogP contribution in [-0.2, 0) is 14.7 Å². The summed E-state index contributed by atoms with van der Waals surface area (Å²) in [5, 5.41) is 1.56. The average molecular weight is 240 g/mol. The highest BCUT2D eigenvalue weighted by molar-refractivity contribution is 7.80. The van der Waals surface area contributed by atoms with Crippen molar-refractivity contribution in [3.8, 4) is 0 Å². The molecule has 0 radical (unpaired) electrons. The molecule has 0 bridgehead atoms. The molecule has 0 aliphatic heterocycles. The van der Waals surface area contributed by atoms with E-state index in [2.05, 4.69) is 14.7 Å². The van der Waals surface area contributed by atoms with Gasteiger partial charge in [0.1, 0.15) is 0 Å². The summed E-state index contributed by atoms with van der Waals surface area (Å²) in [6.07, 6.45) is 1.50. The Morgan fingerprint density at radius 2 is 2.00 bits per heavy atom. The highest BCUT2D eigenvalue weighted by Crippen LogP contribution is 2.20. The van der Waals surface area contributed by atoms with Crippen molar-refractivity contribution >= 4 is 27.0 Å². The lowest BCUT2D eigenvalue weighted by molar-refractivity contribution is 0.319. The molecule has 0 aliphatic rings.